The number of thioether (sulfide) groups is 1. The smallest absolute Gasteiger partial charge is 0.238 e. The van der Waals surface area contributed by atoms with Gasteiger partial charge in [0.1, 0.15) is 12.4 Å². The summed E-state index contributed by atoms with van der Waals surface area (Å²) in [6.07, 6.45) is 0. The summed E-state index contributed by atoms with van der Waals surface area (Å²) in [5.74, 6) is 1.04. The monoisotopic (exact) mass is 398 g/mol. The first kappa shape index (κ1) is 17.8. The highest BCUT2D eigenvalue weighted by molar-refractivity contribution is 8.01. The van der Waals surface area contributed by atoms with Crippen LogP contribution in [0.5, 0.6) is 5.75 Å². The van der Waals surface area contributed by atoms with E-state index in [2.05, 4.69) is 15.5 Å². The summed E-state index contributed by atoms with van der Waals surface area (Å²) >= 11 is 2.84. The van der Waals surface area contributed by atoms with Crippen molar-refractivity contribution in [2.45, 2.75) is 10.4 Å². The highest BCUT2D eigenvalue weighted by atomic mass is 32.2. The molecule has 1 N–H and O–H groups in total. The second-order valence-corrected chi connectivity index (χ2v) is 8.08. The molecular weight excluding hydrogens is 380 g/mol. The van der Waals surface area contributed by atoms with Gasteiger partial charge in [0.2, 0.25) is 11.0 Å². The van der Waals surface area contributed by atoms with E-state index in [4.69, 9.17) is 4.74 Å². The third kappa shape index (κ3) is 3.77. The summed E-state index contributed by atoms with van der Waals surface area (Å²) in [4.78, 5) is 15.0. The molecule has 0 bridgehead atoms. The van der Waals surface area contributed by atoms with Gasteiger partial charge in [-0.1, -0.05) is 65.6 Å². The van der Waals surface area contributed by atoms with Crippen molar-refractivity contribution in [3.63, 3.8) is 0 Å². The first-order valence-electron chi connectivity index (χ1n) is 8.49. The van der Waals surface area contributed by atoms with Crippen LogP contribution < -0.4 is 15.0 Å². The number of benzene rings is 2. The zero-order valence-corrected chi connectivity index (χ0v) is 16.3. The van der Waals surface area contributed by atoms with Crippen molar-refractivity contribution in [2.75, 3.05) is 29.6 Å². The van der Waals surface area contributed by atoms with Crippen LogP contribution in [0.25, 0.3) is 0 Å². The molecule has 1 aromatic heterocycles. The summed E-state index contributed by atoms with van der Waals surface area (Å²) in [6, 6.07) is 17.5. The molecule has 8 heteroatoms. The lowest BCUT2D eigenvalue weighted by molar-refractivity contribution is -0.117. The highest BCUT2D eigenvalue weighted by Crippen LogP contribution is 2.40. The minimum atomic E-state index is -0.156. The Morgan fingerprint density at radius 2 is 2.00 bits per heavy atom. The Labute approximate surface area is 165 Å². The summed E-state index contributed by atoms with van der Waals surface area (Å²) in [5.41, 5.74) is 1.86. The van der Waals surface area contributed by atoms with E-state index in [1.807, 2.05) is 59.5 Å². The van der Waals surface area contributed by atoms with Crippen molar-refractivity contribution < 1.29 is 9.53 Å². The molecule has 0 radical (unpaired) electrons. The Morgan fingerprint density at radius 1 is 1.22 bits per heavy atom. The van der Waals surface area contributed by atoms with Crippen LogP contribution in [0.4, 0.5) is 10.8 Å². The van der Waals surface area contributed by atoms with Crippen LogP contribution in [-0.2, 0) is 4.79 Å². The molecule has 6 nitrogen and oxygen atoms in total. The molecule has 1 aliphatic rings. The van der Waals surface area contributed by atoms with E-state index in [9.17, 15) is 4.79 Å². The lowest BCUT2D eigenvalue weighted by Crippen LogP contribution is -2.42. The van der Waals surface area contributed by atoms with Crippen LogP contribution in [0.2, 0.25) is 0 Å². The van der Waals surface area contributed by atoms with Gasteiger partial charge >= 0.3 is 0 Å². The maximum atomic E-state index is 13.2. The molecule has 4 rings (SSSR count). The topological polar surface area (TPSA) is 67.4 Å². The van der Waals surface area contributed by atoms with E-state index in [1.165, 1.54) is 23.1 Å². The number of nitrogens with one attached hydrogen (secondary N) is 1. The number of anilines is 2. The lowest BCUT2D eigenvalue weighted by atomic mass is 10.0. The third-order valence-corrected chi connectivity index (χ3v) is 6.28. The minimum Gasteiger partial charge on any atom is -0.489 e. The van der Waals surface area contributed by atoms with E-state index in [0.717, 1.165) is 26.5 Å². The number of carbonyl (C=O) groups excluding carboxylic acids is 1. The van der Waals surface area contributed by atoms with Gasteiger partial charge in [-0.15, -0.1) is 10.2 Å². The van der Waals surface area contributed by atoms with Gasteiger partial charge in [0.05, 0.1) is 17.5 Å². The normalized spacial score (nSPS) is 15.7. The summed E-state index contributed by atoms with van der Waals surface area (Å²) < 4.78 is 6.69. The molecule has 0 spiro atoms. The van der Waals surface area contributed by atoms with Crippen LogP contribution in [0.3, 0.4) is 0 Å². The maximum Gasteiger partial charge on any atom is 0.238 e. The lowest BCUT2D eigenvalue weighted by Gasteiger charge is -2.37. The largest absolute Gasteiger partial charge is 0.489 e. The molecule has 3 aromatic rings. The van der Waals surface area contributed by atoms with Crippen molar-refractivity contribution in [2.24, 2.45) is 0 Å². The second kappa shape index (κ2) is 7.98. The minimum absolute atomic E-state index is 0.0193. The number of ether oxygens (including phenoxy) is 1. The number of hydrogen-bond donors (Lipinski definition) is 1. The van der Waals surface area contributed by atoms with Gasteiger partial charge in [-0.2, -0.15) is 0 Å². The van der Waals surface area contributed by atoms with Crippen molar-refractivity contribution in [3.05, 3.63) is 60.2 Å². The van der Waals surface area contributed by atoms with Gasteiger partial charge in [0, 0.05) is 7.05 Å². The van der Waals surface area contributed by atoms with Crippen molar-refractivity contribution in [1.82, 2.24) is 10.2 Å². The summed E-state index contributed by atoms with van der Waals surface area (Å²) in [7, 11) is 1.80. The van der Waals surface area contributed by atoms with E-state index in [1.54, 1.807) is 7.05 Å². The fraction of sp³-hybridized carbons (Fsp3) is 0.211. The molecule has 0 saturated heterocycles. The van der Waals surface area contributed by atoms with Crippen LogP contribution in [0.1, 0.15) is 11.6 Å². The predicted molar refractivity (Wildman–Crippen MR) is 109 cm³/mol. The second-order valence-electron chi connectivity index (χ2n) is 5.88. The molecule has 138 valence electrons. The maximum absolute atomic E-state index is 13.2. The average Bonchev–Trinajstić information content (AvgIpc) is 3.20. The molecule has 1 unspecified atom stereocenters. The van der Waals surface area contributed by atoms with Gasteiger partial charge in [-0.3, -0.25) is 9.69 Å². The van der Waals surface area contributed by atoms with E-state index in [0.29, 0.717) is 6.61 Å². The number of rotatable bonds is 5. The SMILES string of the molecule is CNc1nnc(SCC(=O)N2c3ccccc3OCC2c2ccccc2)s1. The van der Waals surface area contributed by atoms with Crippen LogP contribution in [0, 0.1) is 0 Å². The van der Waals surface area contributed by atoms with Gasteiger partial charge in [-0.25, -0.2) is 0 Å². The number of hydrogen-bond acceptors (Lipinski definition) is 7. The molecule has 0 aliphatic carbocycles. The van der Waals surface area contributed by atoms with Crippen LogP contribution >= 0.6 is 23.1 Å². The summed E-state index contributed by atoms with van der Waals surface area (Å²) in [6.45, 7) is 0.431. The van der Waals surface area contributed by atoms with Gasteiger partial charge in [0.15, 0.2) is 4.34 Å². The first-order chi connectivity index (χ1) is 13.3. The van der Waals surface area contributed by atoms with Crippen LogP contribution in [0.15, 0.2) is 58.9 Å². The third-order valence-electron chi connectivity index (χ3n) is 4.23. The molecule has 2 aromatic carbocycles. The zero-order chi connectivity index (χ0) is 18.6. The number of para-hydroxylation sites is 2. The zero-order valence-electron chi connectivity index (χ0n) is 14.7. The van der Waals surface area contributed by atoms with Crippen LogP contribution in [-0.4, -0.2) is 35.5 Å². The standard InChI is InChI=1S/C19H18N4O2S2/c1-20-18-21-22-19(27-18)26-12-17(24)23-14-9-5-6-10-16(14)25-11-15(23)13-7-3-2-4-8-13/h2-10,15H,11-12H2,1H3,(H,20,21). The molecule has 1 atom stereocenters. The Hall–Kier alpha value is -2.58. The number of fused-ring (bicyclic) bond motifs is 1. The molecule has 1 amide bonds. The average molecular weight is 399 g/mol. The fourth-order valence-electron chi connectivity index (χ4n) is 2.98. The van der Waals surface area contributed by atoms with Gasteiger partial charge in [0.25, 0.3) is 0 Å². The number of nitrogens with zero attached hydrogens (tertiary/aromatic N) is 3. The van der Waals surface area contributed by atoms with Crippen molar-refractivity contribution >= 4 is 39.8 Å². The molecule has 0 saturated carbocycles. The fourth-order valence-corrected chi connectivity index (χ4v) is 4.54. The van der Waals surface area contributed by atoms with E-state index < -0.39 is 0 Å². The van der Waals surface area contributed by atoms with Crippen molar-refractivity contribution in [1.29, 1.82) is 0 Å². The molecular formula is C19H18N4O2S2. The Bertz CT molecular complexity index is 932. The quantitative estimate of drug-likeness (QED) is 0.659. The molecule has 2 heterocycles. The molecule has 27 heavy (non-hydrogen) atoms. The Morgan fingerprint density at radius 3 is 2.78 bits per heavy atom. The first-order valence-corrected chi connectivity index (χ1v) is 10.3. The Kier molecular flexibility index (Phi) is 5.26. The molecule has 1 aliphatic heterocycles. The summed E-state index contributed by atoms with van der Waals surface area (Å²) in [5, 5.41) is 11.8. The van der Waals surface area contributed by atoms with E-state index in [-0.39, 0.29) is 17.7 Å². The predicted octanol–water partition coefficient (Wildman–Crippen LogP) is 3.84. The number of amides is 1. The van der Waals surface area contributed by atoms with Crippen molar-refractivity contribution in [3.8, 4) is 5.75 Å². The van der Waals surface area contributed by atoms with E-state index >= 15 is 0 Å². The highest BCUT2D eigenvalue weighted by Gasteiger charge is 2.33. The Balaban J connectivity index is 1.60. The number of carbonyl (C=O) groups is 1. The van der Waals surface area contributed by atoms with Gasteiger partial charge in [-0.05, 0) is 17.7 Å². The van der Waals surface area contributed by atoms with Gasteiger partial charge < -0.3 is 10.1 Å². The molecule has 0 fully saturated rings. The number of aromatic nitrogens is 2.